The summed E-state index contributed by atoms with van der Waals surface area (Å²) in [6.45, 7) is 2.70. The second kappa shape index (κ2) is 9.68. The highest BCUT2D eigenvalue weighted by Gasteiger charge is 2.44. The third-order valence-electron chi connectivity index (χ3n) is 6.64. The van der Waals surface area contributed by atoms with Crippen molar-refractivity contribution in [2.45, 2.75) is 18.9 Å². The number of nitrogens with one attached hydrogen (secondary N) is 2. The molecular formula is C28H26BrN3O3. The van der Waals surface area contributed by atoms with E-state index in [2.05, 4.69) is 26.2 Å². The van der Waals surface area contributed by atoms with Crippen molar-refractivity contribution < 1.29 is 14.3 Å². The van der Waals surface area contributed by atoms with Gasteiger partial charge in [0.05, 0.1) is 18.6 Å². The molecule has 1 aliphatic rings. The fraction of sp³-hybridized carbons (Fsp3) is 0.214. The van der Waals surface area contributed by atoms with Gasteiger partial charge in [-0.3, -0.25) is 9.59 Å². The largest absolute Gasteiger partial charge is 0.383 e. The van der Waals surface area contributed by atoms with Gasteiger partial charge in [-0.25, -0.2) is 0 Å². The third-order valence-corrected chi connectivity index (χ3v) is 7.14. The molecule has 0 radical (unpaired) electrons. The van der Waals surface area contributed by atoms with Crippen LogP contribution in [0.25, 0.3) is 10.9 Å². The number of methoxy groups -OCH3 is 1. The van der Waals surface area contributed by atoms with E-state index in [0.29, 0.717) is 18.7 Å². The number of carbonyl (C=O) groups excluding carboxylic acids is 2. The van der Waals surface area contributed by atoms with Crippen LogP contribution >= 0.6 is 15.9 Å². The predicted molar refractivity (Wildman–Crippen MR) is 141 cm³/mol. The molecule has 0 fully saturated rings. The number of carbonyl (C=O) groups is 2. The average molecular weight is 532 g/mol. The Kier molecular flexibility index (Phi) is 6.45. The van der Waals surface area contributed by atoms with Crippen LogP contribution in [0, 0.1) is 6.92 Å². The van der Waals surface area contributed by atoms with E-state index in [1.807, 2.05) is 73.8 Å². The van der Waals surface area contributed by atoms with Gasteiger partial charge in [0.1, 0.15) is 0 Å². The molecule has 4 aromatic rings. The van der Waals surface area contributed by atoms with Crippen LogP contribution in [-0.2, 0) is 9.53 Å². The van der Waals surface area contributed by atoms with Gasteiger partial charge in [-0.15, -0.1) is 0 Å². The SMILES string of the molecule is COCCN1C(=O)c2ccccc2[C@H](C(=O)Nc2ccc(Br)cc2C)[C@H]1c1c[nH]c2ccccc12. The number of amides is 2. The number of halogens is 1. The van der Waals surface area contributed by atoms with Crippen LogP contribution in [0.5, 0.6) is 0 Å². The molecule has 2 heterocycles. The Morgan fingerprint density at radius 1 is 1.09 bits per heavy atom. The van der Waals surface area contributed by atoms with Crippen LogP contribution < -0.4 is 5.32 Å². The summed E-state index contributed by atoms with van der Waals surface area (Å²) in [7, 11) is 1.61. The second-order valence-electron chi connectivity index (χ2n) is 8.74. The lowest BCUT2D eigenvalue weighted by molar-refractivity contribution is -0.119. The fourth-order valence-electron chi connectivity index (χ4n) is 4.97. The van der Waals surface area contributed by atoms with Gasteiger partial charge in [0.2, 0.25) is 5.91 Å². The summed E-state index contributed by atoms with van der Waals surface area (Å²) in [5, 5.41) is 4.13. The molecule has 7 heteroatoms. The van der Waals surface area contributed by atoms with E-state index in [1.165, 1.54) is 0 Å². The van der Waals surface area contributed by atoms with Crippen LogP contribution in [0.2, 0.25) is 0 Å². The summed E-state index contributed by atoms with van der Waals surface area (Å²) in [6.07, 6.45) is 1.92. The summed E-state index contributed by atoms with van der Waals surface area (Å²) in [6, 6.07) is 20.6. The minimum atomic E-state index is -0.608. The third kappa shape index (κ3) is 4.26. The number of H-pyrrole nitrogens is 1. The molecule has 2 amide bonds. The number of anilines is 1. The zero-order valence-corrected chi connectivity index (χ0v) is 21.1. The molecule has 0 unspecified atom stereocenters. The van der Waals surface area contributed by atoms with E-state index in [1.54, 1.807) is 18.1 Å². The van der Waals surface area contributed by atoms with E-state index >= 15 is 0 Å². The van der Waals surface area contributed by atoms with Crippen LogP contribution in [0.1, 0.15) is 39.0 Å². The number of hydrogen-bond donors (Lipinski definition) is 2. The Labute approximate surface area is 212 Å². The molecule has 1 aromatic heterocycles. The number of ether oxygens (including phenoxy) is 1. The zero-order valence-electron chi connectivity index (χ0n) is 19.5. The summed E-state index contributed by atoms with van der Waals surface area (Å²) < 4.78 is 6.29. The van der Waals surface area contributed by atoms with Crippen molar-refractivity contribution in [1.82, 2.24) is 9.88 Å². The topological polar surface area (TPSA) is 74.4 Å². The minimum absolute atomic E-state index is 0.100. The molecular weight excluding hydrogens is 506 g/mol. The summed E-state index contributed by atoms with van der Waals surface area (Å²) in [5.41, 5.74) is 4.85. The van der Waals surface area contributed by atoms with Crippen molar-refractivity contribution in [2.75, 3.05) is 25.6 Å². The molecule has 0 bridgehead atoms. The summed E-state index contributed by atoms with van der Waals surface area (Å²) in [5.74, 6) is -0.868. The zero-order chi connectivity index (χ0) is 24.5. The average Bonchev–Trinajstić information content (AvgIpc) is 3.29. The monoisotopic (exact) mass is 531 g/mol. The minimum Gasteiger partial charge on any atom is -0.383 e. The van der Waals surface area contributed by atoms with Crippen molar-refractivity contribution in [2.24, 2.45) is 0 Å². The van der Waals surface area contributed by atoms with Gasteiger partial charge in [-0.1, -0.05) is 52.3 Å². The van der Waals surface area contributed by atoms with E-state index in [-0.39, 0.29) is 11.8 Å². The number of rotatable bonds is 6. The molecule has 178 valence electrons. The van der Waals surface area contributed by atoms with Crippen molar-refractivity contribution >= 4 is 44.3 Å². The number of aryl methyl sites for hydroxylation is 1. The quantitative estimate of drug-likeness (QED) is 0.330. The first kappa shape index (κ1) is 23.3. The smallest absolute Gasteiger partial charge is 0.254 e. The molecule has 0 spiro atoms. The number of para-hydroxylation sites is 1. The maximum atomic E-state index is 14.0. The fourth-order valence-corrected chi connectivity index (χ4v) is 5.45. The number of fused-ring (bicyclic) bond motifs is 2. The van der Waals surface area contributed by atoms with Gasteiger partial charge >= 0.3 is 0 Å². The number of hydrogen-bond acceptors (Lipinski definition) is 3. The number of aromatic nitrogens is 1. The molecule has 1 aliphatic heterocycles. The number of benzene rings is 3. The maximum absolute atomic E-state index is 14.0. The normalized spacial score (nSPS) is 17.5. The second-order valence-corrected chi connectivity index (χ2v) is 9.65. The van der Waals surface area contributed by atoms with Crippen molar-refractivity contribution in [3.63, 3.8) is 0 Å². The summed E-state index contributed by atoms with van der Waals surface area (Å²) >= 11 is 3.49. The molecule has 0 aliphatic carbocycles. The molecule has 0 saturated carbocycles. The van der Waals surface area contributed by atoms with Gasteiger partial charge in [0.25, 0.3) is 5.91 Å². The molecule has 0 saturated heterocycles. The number of aromatic amines is 1. The highest BCUT2D eigenvalue weighted by molar-refractivity contribution is 9.10. The summed E-state index contributed by atoms with van der Waals surface area (Å²) in [4.78, 5) is 32.8. The van der Waals surface area contributed by atoms with Gasteiger partial charge in [0, 0.05) is 52.0 Å². The van der Waals surface area contributed by atoms with Crippen LogP contribution in [0.3, 0.4) is 0 Å². The van der Waals surface area contributed by atoms with Crippen LogP contribution in [0.4, 0.5) is 5.69 Å². The van der Waals surface area contributed by atoms with E-state index in [0.717, 1.165) is 37.8 Å². The Hall–Kier alpha value is -3.42. The van der Waals surface area contributed by atoms with Crippen LogP contribution in [-0.4, -0.2) is 42.0 Å². The highest BCUT2D eigenvalue weighted by Crippen LogP contribution is 2.45. The Bertz CT molecular complexity index is 1410. The molecule has 6 nitrogen and oxygen atoms in total. The Balaban J connectivity index is 1.67. The Morgan fingerprint density at radius 3 is 2.66 bits per heavy atom. The first-order chi connectivity index (χ1) is 17.0. The number of nitrogens with zero attached hydrogens (tertiary/aromatic N) is 1. The lowest BCUT2D eigenvalue weighted by atomic mass is 9.79. The van der Waals surface area contributed by atoms with Crippen LogP contribution in [0.15, 0.2) is 77.4 Å². The standard InChI is InChI=1S/C28H26BrN3O3/c1-17-15-18(29)11-12-23(17)31-27(33)25-20-8-3-4-9-21(20)28(34)32(13-14-35-2)26(25)22-16-30-24-10-6-5-7-19(22)24/h3-12,15-16,25-26,30H,13-14H2,1-2H3,(H,31,33)/t25-,26+/m0/s1. The first-order valence-electron chi connectivity index (χ1n) is 11.5. The van der Waals surface area contributed by atoms with E-state index in [4.69, 9.17) is 4.74 Å². The predicted octanol–water partition coefficient (Wildman–Crippen LogP) is 5.80. The molecule has 3 aromatic carbocycles. The molecule has 35 heavy (non-hydrogen) atoms. The molecule has 2 N–H and O–H groups in total. The van der Waals surface area contributed by atoms with Gasteiger partial charge in [0.15, 0.2) is 0 Å². The van der Waals surface area contributed by atoms with E-state index < -0.39 is 12.0 Å². The van der Waals surface area contributed by atoms with E-state index in [9.17, 15) is 9.59 Å². The Morgan fingerprint density at radius 2 is 1.86 bits per heavy atom. The van der Waals surface area contributed by atoms with Gasteiger partial charge < -0.3 is 19.9 Å². The maximum Gasteiger partial charge on any atom is 0.254 e. The lowest BCUT2D eigenvalue weighted by Gasteiger charge is -2.41. The van der Waals surface area contributed by atoms with Crippen molar-refractivity contribution in [1.29, 1.82) is 0 Å². The van der Waals surface area contributed by atoms with Gasteiger partial charge in [-0.2, -0.15) is 0 Å². The first-order valence-corrected chi connectivity index (χ1v) is 12.3. The van der Waals surface area contributed by atoms with Crippen molar-refractivity contribution in [3.8, 4) is 0 Å². The molecule has 5 rings (SSSR count). The van der Waals surface area contributed by atoms with Crippen molar-refractivity contribution in [3.05, 3.63) is 99.7 Å². The highest BCUT2D eigenvalue weighted by atomic mass is 79.9. The molecule has 2 atom stereocenters. The lowest BCUT2D eigenvalue weighted by Crippen LogP contribution is -2.47. The van der Waals surface area contributed by atoms with Gasteiger partial charge in [-0.05, 0) is 48.4 Å².